The zero-order valence-electron chi connectivity index (χ0n) is 11.4. The van der Waals surface area contributed by atoms with E-state index in [2.05, 4.69) is 0 Å². The number of amides is 2. The SMILES string of the molecule is NC(=O)[C@H]1CCCN(C(=O)COc2ccc(Cl)cc2Cl)C1. The van der Waals surface area contributed by atoms with Crippen molar-refractivity contribution in [2.45, 2.75) is 12.8 Å². The van der Waals surface area contributed by atoms with Crippen molar-refractivity contribution in [2.75, 3.05) is 19.7 Å². The van der Waals surface area contributed by atoms with E-state index in [1.54, 1.807) is 23.1 Å². The van der Waals surface area contributed by atoms with E-state index in [9.17, 15) is 9.59 Å². The van der Waals surface area contributed by atoms with Gasteiger partial charge in [0.05, 0.1) is 10.9 Å². The van der Waals surface area contributed by atoms with Crippen LogP contribution < -0.4 is 10.5 Å². The zero-order chi connectivity index (χ0) is 15.4. The lowest BCUT2D eigenvalue weighted by atomic mass is 9.97. The standard InChI is InChI=1S/C14H16Cl2N2O3/c15-10-3-4-12(11(16)6-10)21-8-13(19)18-5-1-2-9(7-18)14(17)20/h3-4,6,9H,1-2,5,7-8H2,(H2,17,20)/t9-/m0/s1. The summed E-state index contributed by atoms with van der Waals surface area (Å²) in [5.41, 5.74) is 5.29. The van der Waals surface area contributed by atoms with Crippen LogP contribution in [0.25, 0.3) is 0 Å². The monoisotopic (exact) mass is 330 g/mol. The Kier molecular flexibility index (Phi) is 5.31. The number of likely N-dealkylation sites (tertiary alicyclic amines) is 1. The lowest BCUT2D eigenvalue weighted by Crippen LogP contribution is -2.45. The van der Waals surface area contributed by atoms with Gasteiger partial charge in [-0.2, -0.15) is 0 Å². The molecule has 1 heterocycles. The van der Waals surface area contributed by atoms with E-state index in [0.29, 0.717) is 28.9 Å². The molecule has 0 radical (unpaired) electrons. The molecule has 0 saturated carbocycles. The predicted octanol–water partition coefficient (Wildman–Crippen LogP) is 2.10. The Morgan fingerprint density at radius 2 is 2.14 bits per heavy atom. The molecule has 1 aliphatic heterocycles. The molecule has 114 valence electrons. The molecule has 7 heteroatoms. The summed E-state index contributed by atoms with van der Waals surface area (Å²) in [6, 6.07) is 4.80. The van der Waals surface area contributed by atoms with Crippen LogP contribution in [0.5, 0.6) is 5.75 Å². The van der Waals surface area contributed by atoms with Crippen molar-refractivity contribution in [3.8, 4) is 5.75 Å². The van der Waals surface area contributed by atoms with Crippen LogP contribution in [-0.4, -0.2) is 36.4 Å². The first kappa shape index (κ1) is 15.9. The largest absolute Gasteiger partial charge is 0.482 e. The molecule has 0 unspecified atom stereocenters. The number of carbonyl (C=O) groups is 2. The molecule has 1 atom stereocenters. The van der Waals surface area contributed by atoms with Crippen LogP contribution >= 0.6 is 23.2 Å². The summed E-state index contributed by atoms with van der Waals surface area (Å²) in [4.78, 5) is 24.9. The zero-order valence-corrected chi connectivity index (χ0v) is 12.9. The fourth-order valence-electron chi connectivity index (χ4n) is 2.26. The number of hydrogen-bond acceptors (Lipinski definition) is 3. The molecular formula is C14H16Cl2N2O3. The third-order valence-electron chi connectivity index (χ3n) is 3.42. The van der Waals surface area contributed by atoms with E-state index >= 15 is 0 Å². The summed E-state index contributed by atoms with van der Waals surface area (Å²) in [6.45, 7) is 0.832. The molecule has 0 spiro atoms. The lowest BCUT2D eigenvalue weighted by molar-refractivity contribution is -0.136. The van der Waals surface area contributed by atoms with Crippen LogP contribution in [0.4, 0.5) is 0 Å². The number of ether oxygens (including phenoxy) is 1. The number of carbonyl (C=O) groups excluding carboxylic acids is 2. The Bertz CT molecular complexity index is 551. The van der Waals surface area contributed by atoms with Crippen molar-refractivity contribution < 1.29 is 14.3 Å². The van der Waals surface area contributed by atoms with Gasteiger partial charge in [-0.15, -0.1) is 0 Å². The number of nitrogens with two attached hydrogens (primary N) is 1. The molecule has 1 saturated heterocycles. The van der Waals surface area contributed by atoms with Gasteiger partial charge in [0.25, 0.3) is 5.91 Å². The fraction of sp³-hybridized carbons (Fsp3) is 0.429. The van der Waals surface area contributed by atoms with Gasteiger partial charge in [-0.1, -0.05) is 23.2 Å². The number of piperidine rings is 1. The van der Waals surface area contributed by atoms with Gasteiger partial charge < -0.3 is 15.4 Å². The minimum absolute atomic E-state index is 0.132. The van der Waals surface area contributed by atoms with Gasteiger partial charge in [0.1, 0.15) is 5.75 Å². The van der Waals surface area contributed by atoms with E-state index in [1.165, 1.54) is 0 Å². The van der Waals surface area contributed by atoms with Crippen molar-refractivity contribution in [3.05, 3.63) is 28.2 Å². The van der Waals surface area contributed by atoms with E-state index < -0.39 is 0 Å². The van der Waals surface area contributed by atoms with Crippen molar-refractivity contribution in [1.29, 1.82) is 0 Å². The highest BCUT2D eigenvalue weighted by molar-refractivity contribution is 6.35. The number of hydrogen-bond donors (Lipinski definition) is 1. The number of primary amides is 1. The summed E-state index contributed by atoms with van der Waals surface area (Å²) in [6.07, 6.45) is 1.49. The Morgan fingerprint density at radius 3 is 2.81 bits per heavy atom. The van der Waals surface area contributed by atoms with Crippen molar-refractivity contribution in [1.82, 2.24) is 4.90 Å². The van der Waals surface area contributed by atoms with E-state index in [1.807, 2.05) is 0 Å². The van der Waals surface area contributed by atoms with Gasteiger partial charge in [-0.05, 0) is 31.0 Å². The van der Waals surface area contributed by atoms with E-state index in [0.717, 1.165) is 12.8 Å². The van der Waals surface area contributed by atoms with Crippen LogP contribution in [0.15, 0.2) is 18.2 Å². The molecule has 5 nitrogen and oxygen atoms in total. The minimum atomic E-state index is -0.367. The highest BCUT2D eigenvalue weighted by atomic mass is 35.5. The summed E-state index contributed by atoms with van der Waals surface area (Å²) < 4.78 is 5.40. The molecule has 1 fully saturated rings. The Morgan fingerprint density at radius 1 is 1.38 bits per heavy atom. The highest BCUT2D eigenvalue weighted by Crippen LogP contribution is 2.27. The van der Waals surface area contributed by atoms with Gasteiger partial charge in [-0.25, -0.2) is 0 Å². The molecule has 1 aromatic rings. The van der Waals surface area contributed by atoms with Crippen LogP contribution in [0.1, 0.15) is 12.8 Å². The Hall–Kier alpha value is -1.46. The number of halogens is 2. The van der Waals surface area contributed by atoms with Crippen LogP contribution in [0.2, 0.25) is 10.0 Å². The third-order valence-corrected chi connectivity index (χ3v) is 3.95. The molecule has 1 aliphatic rings. The molecule has 2 N–H and O–H groups in total. The predicted molar refractivity (Wildman–Crippen MR) is 80.5 cm³/mol. The molecule has 0 aromatic heterocycles. The number of rotatable bonds is 4. The molecule has 21 heavy (non-hydrogen) atoms. The maximum Gasteiger partial charge on any atom is 0.260 e. The van der Waals surface area contributed by atoms with Gasteiger partial charge in [0.2, 0.25) is 5.91 Å². The van der Waals surface area contributed by atoms with Crippen molar-refractivity contribution in [3.63, 3.8) is 0 Å². The first-order valence-electron chi connectivity index (χ1n) is 6.62. The van der Waals surface area contributed by atoms with Crippen LogP contribution in [0, 0.1) is 5.92 Å². The van der Waals surface area contributed by atoms with Crippen molar-refractivity contribution in [2.24, 2.45) is 11.7 Å². The Labute approximate surface area is 132 Å². The average molecular weight is 331 g/mol. The molecule has 0 aliphatic carbocycles. The van der Waals surface area contributed by atoms with Crippen LogP contribution in [0.3, 0.4) is 0 Å². The van der Waals surface area contributed by atoms with Gasteiger partial charge >= 0.3 is 0 Å². The normalized spacial score (nSPS) is 18.4. The average Bonchev–Trinajstić information content (AvgIpc) is 2.46. The second kappa shape index (κ2) is 7.00. The van der Waals surface area contributed by atoms with Gasteiger partial charge in [0, 0.05) is 18.1 Å². The van der Waals surface area contributed by atoms with Gasteiger partial charge in [-0.3, -0.25) is 9.59 Å². The number of benzene rings is 1. The lowest BCUT2D eigenvalue weighted by Gasteiger charge is -2.31. The summed E-state index contributed by atoms with van der Waals surface area (Å²) in [5, 5.41) is 0.850. The van der Waals surface area contributed by atoms with Crippen molar-refractivity contribution >= 4 is 35.0 Å². The molecule has 2 rings (SSSR count). The maximum atomic E-state index is 12.1. The molecule has 0 bridgehead atoms. The smallest absolute Gasteiger partial charge is 0.260 e. The molecule has 1 aromatic carbocycles. The molecule has 2 amide bonds. The third kappa shape index (κ3) is 4.25. The van der Waals surface area contributed by atoms with Gasteiger partial charge in [0.15, 0.2) is 6.61 Å². The minimum Gasteiger partial charge on any atom is -0.482 e. The quantitative estimate of drug-likeness (QED) is 0.918. The molecular weight excluding hydrogens is 315 g/mol. The number of nitrogens with zero attached hydrogens (tertiary/aromatic N) is 1. The highest BCUT2D eigenvalue weighted by Gasteiger charge is 2.27. The summed E-state index contributed by atoms with van der Waals surface area (Å²) in [7, 11) is 0. The van der Waals surface area contributed by atoms with E-state index in [-0.39, 0.29) is 24.3 Å². The summed E-state index contributed by atoms with van der Waals surface area (Å²) in [5.74, 6) is -0.430. The Balaban J connectivity index is 1.90. The van der Waals surface area contributed by atoms with E-state index in [4.69, 9.17) is 33.7 Å². The fourth-order valence-corrected chi connectivity index (χ4v) is 2.72. The van der Waals surface area contributed by atoms with Crippen LogP contribution in [-0.2, 0) is 9.59 Å². The first-order chi connectivity index (χ1) is 9.97. The first-order valence-corrected chi connectivity index (χ1v) is 7.38. The summed E-state index contributed by atoms with van der Waals surface area (Å²) >= 11 is 11.8. The maximum absolute atomic E-state index is 12.1. The second-order valence-corrected chi connectivity index (χ2v) is 5.79. The topological polar surface area (TPSA) is 72.6 Å². The second-order valence-electron chi connectivity index (χ2n) is 4.94.